The lowest BCUT2D eigenvalue weighted by atomic mass is 9.95. The summed E-state index contributed by atoms with van der Waals surface area (Å²) in [5, 5.41) is 0. The van der Waals surface area contributed by atoms with Crippen LogP contribution in [0.25, 0.3) is 0 Å². The summed E-state index contributed by atoms with van der Waals surface area (Å²) in [5.41, 5.74) is 2.93. The summed E-state index contributed by atoms with van der Waals surface area (Å²) in [5.74, 6) is 0.684. The number of aromatic nitrogens is 2. The highest BCUT2D eigenvalue weighted by atomic mass is 16.2. The third-order valence-corrected chi connectivity index (χ3v) is 5.35. The summed E-state index contributed by atoms with van der Waals surface area (Å²) >= 11 is 0. The summed E-state index contributed by atoms with van der Waals surface area (Å²) in [7, 11) is 0. The third-order valence-electron chi connectivity index (χ3n) is 5.35. The molecule has 2 atom stereocenters. The molecule has 25 heavy (non-hydrogen) atoms. The van der Waals surface area contributed by atoms with Gasteiger partial charge in [0.05, 0.1) is 5.69 Å². The number of carbonyl (C=O) groups is 1. The fraction of sp³-hybridized carbons (Fsp3) is 0.450. The predicted octanol–water partition coefficient (Wildman–Crippen LogP) is 2.52. The molecular formula is C20H24N4O. The Morgan fingerprint density at radius 1 is 1.12 bits per heavy atom. The van der Waals surface area contributed by atoms with Crippen molar-refractivity contribution in [2.24, 2.45) is 5.92 Å². The lowest BCUT2D eigenvalue weighted by Crippen LogP contribution is -2.44. The Bertz CT molecular complexity index is 748. The van der Waals surface area contributed by atoms with E-state index in [1.807, 2.05) is 30.0 Å². The van der Waals surface area contributed by atoms with Crippen molar-refractivity contribution < 1.29 is 4.79 Å². The molecule has 5 heteroatoms. The second-order valence-electron chi connectivity index (χ2n) is 7.24. The number of carbonyl (C=O) groups excluding carboxylic acids is 1. The number of nitrogens with zero attached hydrogens (tertiary/aromatic N) is 4. The molecule has 2 aromatic heterocycles. The minimum absolute atomic E-state index is 0.134. The monoisotopic (exact) mass is 336 g/mol. The van der Waals surface area contributed by atoms with Crippen molar-refractivity contribution in [1.82, 2.24) is 19.8 Å². The van der Waals surface area contributed by atoms with Crippen LogP contribution < -0.4 is 0 Å². The molecule has 0 N–H and O–H groups in total. The maximum atomic E-state index is 12.8. The van der Waals surface area contributed by atoms with Gasteiger partial charge in [-0.1, -0.05) is 6.07 Å². The standard InChI is InChI=1S/C20H24N4O/c1-15-3-2-4-18(22-15)13-23-11-16-5-6-19(23)14-24(12-16)20(25)17-7-9-21-10-8-17/h2-4,7-10,16,19H,5-6,11-14H2,1H3/t16-,19-/m1/s1. The quantitative estimate of drug-likeness (QED) is 0.864. The van der Waals surface area contributed by atoms with Crippen molar-refractivity contribution in [1.29, 1.82) is 0 Å². The van der Waals surface area contributed by atoms with Crippen molar-refractivity contribution in [2.75, 3.05) is 19.6 Å². The molecule has 0 aromatic carbocycles. The van der Waals surface area contributed by atoms with Gasteiger partial charge >= 0.3 is 0 Å². The molecule has 0 saturated carbocycles. The first kappa shape index (κ1) is 16.2. The summed E-state index contributed by atoms with van der Waals surface area (Å²) in [6.07, 6.45) is 5.75. The Balaban J connectivity index is 1.49. The largest absolute Gasteiger partial charge is 0.337 e. The Labute approximate surface area is 148 Å². The minimum Gasteiger partial charge on any atom is -0.337 e. The molecule has 3 aliphatic heterocycles. The van der Waals surface area contributed by atoms with Gasteiger partial charge in [-0.15, -0.1) is 0 Å². The van der Waals surface area contributed by atoms with Gasteiger partial charge in [-0.2, -0.15) is 0 Å². The van der Waals surface area contributed by atoms with E-state index in [1.165, 1.54) is 6.42 Å². The van der Waals surface area contributed by atoms with E-state index in [0.717, 1.165) is 49.6 Å². The molecular weight excluding hydrogens is 312 g/mol. The number of hydrogen-bond donors (Lipinski definition) is 0. The van der Waals surface area contributed by atoms with Crippen LogP contribution in [0, 0.1) is 12.8 Å². The van der Waals surface area contributed by atoms with Crippen molar-refractivity contribution >= 4 is 5.91 Å². The lowest BCUT2D eigenvalue weighted by Gasteiger charge is -2.35. The average molecular weight is 336 g/mol. The van der Waals surface area contributed by atoms with Gasteiger partial charge in [0.1, 0.15) is 0 Å². The fourth-order valence-corrected chi connectivity index (χ4v) is 4.11. The summed E-state index contributed by atoms with van der Waals surface area (Å²) in [6, 6.07) is 10.3. The number of rotatable bonds is 3. The van der Waals surface area contributed by atoms with Crippen molar-refractivity contribution in [3.63, 3.8) is 0 Å². The van der Waals surface area contributed by atoms with Gasteiger partial charge in [0.25, 0.3) is 5.91 Å². The molecule has 3 aliphatic rings. The van der Waals surface area contributed by atoms with E-state index >= 15 is 0 Å². The van der Waals surface area contributed by atoms with Crippen molar-refractivity contribution in [3.8, 4) is 0 Å². The zero-order valence-electron chi connectivity index (χ0n) is 14.6. The van der Waals surface area contributed by atoms with Crippen LogP contribution in [0.5, 0.6) is 0 Å². The highest BCUT2D eigenvalue weighted by molar-refractivity contribution is 5.94. The number of amides is 1. The first-order valence-corrected chi connectivity index (χ1v) is 9.05. The molecule has 0 unspecified atom stereocenters. The number of piperidine rings is 1. The molecule has 0 spiro atoms. The van der Waals surface area contributed by atoms with Crippen LogP contribution >= 0.6 is 0 Å². The Hall–Kier alpha value is -2.27. The lowest BCUT2D eigenvalue weighted by molar-refractivity contribution is 0.0735. The van der Waals surface area contributed by atoms with Crippen LogP contribution in [-0.4, -0.2) is 51.4 Å². The Kier molecular flexibility index (Phi) is 4.49. The fourth-order valence-electron chi connectivity index (χ4n) is 4.11. The van der Waals surface area contributed by atoms with E-state index in [0.29, 0.717) is 12.0 Å². The normalized spacial score (nSPS) is 23.5. The van der Waals surface area contributed by atoms with Crippen LogP contribution in [-0.2, 0) is 6.54 Å². The molecule has 1 amide bonds. The van der Waals surface area contributed by atoms with Gasteiger partial charge in [0, 0.05) is 55.9 Å². The zero-order valence-corrected chi connectivity index (χ0v) is 14.6. The van der Waals surface area contributed by atoms with Crippen molar-refractivity contribution in [2.45, 2.75) is 32.4 Å². The van der Waals surface area contributed by atoms with Gasteiger partial charge in [-0.25, -0.2) is 0 Å². The Morgan fingerprint density at radius 3 is 2.76 bits per heavy atom. The molecule has 130 valence electrons. The van der Waals surface area contributed by atoms with Crippen LogP contribution in [0.3, 0.4) is 0 Å². The molecule has 5 heterocycles. The van der Waals surface area contributed by atoms with Crippen LogP contribution in [0.1, 0.15) is 34.6 Å². The Morgan fingerprint density at radius 2 is 1.96 bits per heavy atom. The van der Waals surface area contributed by atoms with Crippen molar-refractivity contribution in [3.05, 3.63) is 59.7 Å². The SMILES string of the molecule is Cc1cccc(CN2C[C@H]3CC[C@@H]2CN(C(=O)c2ccncc2)C3)n1. The summed E-state index contributed by atoms with van der Waals surface area (Å²) in [4.78, 5) is 26.1. The summed E-state index contributed by atoms with van der Waals surface area (Å²) in [6.45, 7) is 5.63. The van der Waals surface area contributed by atoms with E-state index in [9.17, 15) is 4.79 Å². The van der Waals surface area contributed by atoms with E-state index < -0.39 is 0 Å². The second-order valence-corrected chi connectivity index (χ2v) is 7.24. The third kappa shape index (κ3) is 3.56. The topological polar surface area (TPSA) is 49.3 Å². The second kappa shape index (κ2) is 6.92. The average Bonchev–Trinajstić information content (AvgIpc) is 2.94. The highest BCUT2D eigenvalue weighted by Crippen LogP contribution is 2.29. The first-order valence-electron chi connectivity index (χ1n) is 9.05. The number of pyridine rings is 2. The minimum atomic E-state index is 0.134. The van der Waals surface area contributed by atoms with Gasteiger partial charge in [-0.05, 0) is 49.9 Å². The van der Waals surface area contributed by atoms with Gasteiger partial charge in [0.2, 0.25) is 0 Å². The highest BCUT2D eigenvalue weighted by Gasteiger charge is 2.36. The predicted molar refractivity (Wildman–Crippen MR) is 96.0 cm³/mol. The van der Waals surface area contributed by atoms with Gasteiger partial charge < -0.3 is 4.90 Å². The number of aryl methyl sites for hydroxylation is 1. The van der Waals surface area contributed by atoms with E-state index in [-0.39, 0.29) is 5.91 Å². The summed E-state index contributed by atoms with van der Waals surface area (Å²) < 4.78 is 0. The van der Waals surface area contributed by atoms with E-state index in [2.05, 4.69) is 27.0 Å². The molecule has 2 bridgehead atoms. The van der Waals surface area contributed by atoms with Crippen LogP contribution in [0.4, 0.5) is 0 Å². The molecule has 3 saturated heterocycles. The smallest absolute Gasteiger partial charge is 0.254 e. The maximum absolute atomic E-state index is 12.8. The number of hydrogen-bond acceptors (Lipinski definition) is 4. The maximum Gasteiger partial charge on any atom is 0.254 e. The molecule has 5 nitrogen and oxygen atoms in total. The molecule has 5 rings (SSSR count). The van der Waals surface area contributed by atoms with E-state index in [1.54, 1.807) is 12.4 Å². The van der Waals surface area contributed by atoms with Gasteiger partial charge in [-0.3, -0.25) is 19.7 Å². The molecule has 0 radical (unpaired) electrons. The van der Waals surface area contributed by atoms with Crippen LogP contribution in [0.2, 0.25) is 0 Å². The molecule has 2 aromatic rings. The first-order chi connectivity index (χ1) is 12.2. The zero-order chi connectivity index (χ0) is 17.2. The number of fused-ring (bicyclic) bond motifs is 4. The van der Waals surface area contributed by atoms with E-state index in [4.69, 9.17) is 0 Å². The molecule has 3 fully saturated rings. The van der Waals surface area contributed by atoms with Gasteiger partial charge in [0.15, 0.2) is 0 Å². The van der Waals surface area contributed by atoms with Crippen LogP contribution in [0.15, 0.2) is 42.7 Å². The molecule has 0 aliphatic carbocycles.